The van der Waals surface area contributed by atoms with Crippen molar-refractivity contribution in [2.75, 3.05) is 6.61 Å². The smallest absolute Gasteiger partial charge is 0.0445 e. The lowest BCUT2D eigenvalue weighted by Crippen LogP contribution is -2.41. The van der Waals surface area contributed by atoms with Gasteiger partial charge in [-0.1, -0.05) is 39.0 Å². The highest BCUT2D eigenvalue weighted by Crippen LogP contribution is 2.31. The normalized spacial score (nSPS) is 24.0. The standard InChI is InChI=1S/C14H29NO/c1-11(9-10-16)15-13(3)12(2)14-7-5-4-6-8-14/h11-16H,4-10H2,1-3H3. The van der Waals surface area contributed by atoms with Crippen molar-refractivity contribution in [3.05, 3.63) is 0 Å². The molecule has 1 aliphatic rings. The van der Waals surface area contributed by atoms with Gasteiger partial charge in [0.2, 0.25) is 0 Å². The molecule has 1 saturated carbocycles. The minimum atomic E-state index is 0.290. The fourth-order valence-corrected chi connectivity index (χ4v) is 2.95. The van der Waals surface area contributed by atoms with Gasteiger partial charge in [-0.15, -0.1) is 0 Å². The van der Waals surface area contributed by atoms with Crippen molar-refractivity contribution in [1.29, 1.82) is 0 Å². The van der Waals surface area contributed by atoms with Gasteiger partial charge in [-0.2, -0.15) is 0 Å². The molecular weight excluding hydrogens is 198 g/mol. The SMILES string of the molecule is CC(CCO)NC(C)C(C)C1CCCCC1. The van der Waals surface area contributed by atoms with Crippen LogP contribution in [0.3, 0.4) is 0 Å². The first-order valence-corrected chi connectivity index (χ1v) is 7.02. The zero-order valence-electron chi connectivity index (χ0n) is 11.2. The highest BCUT2D eigenvalue weighted by atomic mass is 16.3. The first-order valence-electron chi connectivity index (χ1n) is 7.02. The third-order valence-electron chi connectivity index (χ3n) is 4.29. The summed E-state index contributed by atoms with van der Waals surface area (Å²) in [5.41, 5.74) is 0. The van der Waals surface area contributed by atoms with Crippen LogP contribution < -0.4 is 5.32 Å². The van der Waals surface area contributed by atoms with Crippen molar-refractivity contribution < 1.29 is 5.11 Å². The van der Waals surface area contributed by atoms with Gasteiger partial charge in [-0.05, 0) is 32.1 Å². The second kappa shape index (κ2) is 7.29. The van der Waals surface area contributed by atoms with Gasteiger partial charge in [-0.25, -0.2) is 0 Å². The van der Waals surface area contributed by atoms with Gasteiger partial charge >= 0.3 is 0 Å². The van der Waals surface area contributed by atoms with Crippen LogP contribution in [0.1, 0.15) is 59.3 Å². The largest absolute Gasteiger partial charge is 0.396 e. The van der Waals surface area contributed by atoms with Gasteiger partial charge in [0, 0.05) is 18.7 Å². The Morgan fingerprint density at radius 1 is 1.12 bits per heavy atom. The van der Waals surface area contributed by atoms with E-state index >= 15 is 0 Å². The summed E-state index contributed by atoms with van der Waals surface area (Å²) < 4.78 is 0. The Kier molecular flexibility index (Phi) is 6.37. The molecule has 0 radical (unpaired) electrons. The fourth-order valence-electron chi connectivity index (χ4n) is 2.95. The van der Waals surface area contributed by atoms with E-state index < -0.39 is 0 Å². The van der Waals surface area contributed by atoms with Crippen LogP contribution in [-0.2, 0) is 0 Å². The summed E-state index contributed by atoms with van der Waals surface area (Å²) in [6.07, 6.45) is 7.98. The molecular formula is C14H29NO. The Labute approximate surface area is 101 Å². The van der Waals surface area contributed by atoms with Crippen LogP contribution in [0.15, 0.2) is 0 Å². The van der Waals surface area contributed by atoms with Crippen molar-refractivity contribution in [1.82, 2.24) is 5.32 Å². The van der Waals surface area contributed by atoms with E-state index in [0.717, 1.165) is 18.3 Å². The number of hydrogen-bond donors (Lipinski definition) is 2. The molecule has 3 atom stereocenters. The quantitative estimate of drug-likeness (QED) is 0.731. The highest BCUT2D eigenvalue weighted by Gasteiger charge is 2.24. The van der Waals surface area contributed by atoms with E-state index in [2.05, 4.69) is 26.1 Å². The summed E-state index contributed by atoms with van der Waals surface area (Å²) in [6.45, 7) is 7.14. The van der Waals surface area contributed by atoms with Crippen molar-refractivity contribution in [3.8, 4) is 0 Å². The predicted octanol–water partition coefficient (Wildman–Crippen LogP) is 2.95. The van der Waals surface area contributed by atoms with E-state index in [1.807, 2.05) is 0 Å². The number of aliphatic hydroxyl groups excluding tert-OH is 1. The van der Waals surface area contributed by atoms with Crippen LogP contribution in [-0.4, -0.2) is 23.8 Å². The van der Waals surface area contributed by atoms with Gasteiger partial charge in [0.15, 0.2) is 0 Å². The molecule has 2 nitrogen and oxygen atoms in total. The first-order chi connectivity index (χ1) is 7.65. The molecule has 96 valence electrons. The van der Waals surface area contributed by atoms with Crippen LogP contribution in [0.5, 0.6) is 0 Å². The summed E-state index contributed by atoms with van der Waals surface area (Å²) in [5, 5.41) is 12.5. The number of nitrogens with one attached hydrogen (secondary N) is 1. The molecule has 0 aliphatic heterocycles. The second-order valence-electron chi connectivity index (χ2n) is 5.63. The summed E-state index contributed by atoms with van der Waals surface area (Å²) in [5.74, 6) is 1.68. The Morgan fingerprint density at radius 2 is 1.75 bits per heavy atom. The van der Waals surface area contributed by atoms with Crippen LogP contribution in [0.25, 0.3) is 0 Å². The number of hydrogen-bond acceptors (Lipinski definition) is 2. The average molecular weight is 227 g/mol. The molecule has 0 bridgehead atoms. The van der Waals surface area contributed by atoms with Gasteiger partial charge < -0.3 is 10.4 Å². The zero-order valence-corrected chi connectivity index (χ0v) is 11.2. The summed E-state index contributed by atoms with van der Waals surface area (Å²) >= 11 is 0. The predicted molar refractivity (Wildman–Crippen MR) is 69.5 cm³/mol. The van der Waals surface area contributed by atoms with Crippen LogP contribution in [0, 0.1) is 11.8 Å². The van der Waals surface area contributed by atoms with E-state index in [0.29, 0.717) is 18.7 Å². The topological polar surface area (TPSA) is 32.3 Å². The molecule has 1 rings (SSSR count). The van der Waals surface area contributed by atoms with Crippen LogP contribution in [0.4, 0.5) is 0 Å². The van der Waals surface area contributed by atoms with Gasteiger partial charge in [0.05, 0.1) is 0 Å². The third kappa shape index (κ3) is 4.42. The molecule has 3 unspecified atom stereocenters. The van der Waals surface area contributed by atoms with Crippen molar-refractivity contribution >= 4 is 0 Å². The highest BCUT2D eigenvalue weighted by molar-refractivity contribution is 4.80. The lowest BCUT2D eigenvalue weighted by atomic mass is 9.78. The Morgan fingerprint density at radius 3 is 2.31 bits per heavy atom. The molecule has 16 heavy (non-hydrogen) atoms. The molecule has 1 fully saturated rings. The third-order valence-corrected chi connectivity index (χ3v) is 4.29. The van der Waals surface area contributed by atoms with E-state index in [9.17, 15) is 0 Å². The maximum Gasteiger partial charge on any atom is 0.0445 e. The van der Waals surface area contributed by atoms with E-state index in [1.54, 1.807) is 0 Å². The lowest BCUT2D eigenvalue weighted by molar-refractivity contribution is 0.201. The minimum Gasteiger partial charge on any atom is -0.396 e. The molecule has 0 heterocycles. The molecule has 1 aliphatic carbocycles. The van der Waals surface area contributed by atoms with Gasteiger partial charge in [0.1, 0.15) is 0 Å². The molecule has 0 aromatic carbocycles. The zero-order chi connectivity index (χ0) is 12.0. The maximum absolute atomic E-state index is 8.90. The van der Waals surface area contributed by atoms with Crippen molar-refractivity contribution in [2.45, 2.75) is 71.4 Å². The Hall–Kier alpha value is -0.0800. The fraction of sp³-hybridized carbons (Fsp3) is 1.00. The molecule has 0 saturated heterocycles. The second-order valence-corrected chi connectivity index (χ2v) is 5.63. The van der Waals surface area contributed by atoms with E-state index in [-0.39, 0.29) is 0 Å². The Balaban J connectivity index is 2.30. The molecule has 0 aromatic heterocycles. The lowest BCUT2D eigenvalue weighted by Gasteiger charge is -2.33. The van der Waals surface area contributed by atoms with Gasteiger partial charge in [0.25, 0.3) is 0 Å². The van der Waals surface area contributed by atoms with Crippen molar-refractivity contribution in [2.24, 2.45) is 11.8 Å². The summed E-state index contributed by atoms with van der Waals surface area (Å²) in [7, 11) is 0. The average Bonchev–Trinajstić information content (AvgIpc) is 2.29. The maximum atomic E-state index is 8.90. The summed E-state index contributed by atoms with van der Waals surface area (Å²) in [6, 6.07) is 1.01. The number of aliphatic hydroxyl groups is 1. The minimum absolute atomic E-state index is 0.290. The summed E-state index contributed by atoms with van der Waals surface area (Å²) in [4.78, 5) is 0. The molecule has 2 N–H and O–H groups in total. The van der Waals surface area contributed by atoms with Crippen LogP contribution in [0.2, 0.25) is 0 Å². The van der Waals surface area contributed by atoms with Crippen LogP contribution >= 0.6 is 0 Å². The molecule has 0 aromatic rings. The van der Waals surface area contributed by atoms with E-state index in [4.69, 9.17) is 5.11 Å². The van der Waals surface area contributed by atoms with Crippen molar-refractivity contribution in [3.63, 3.8) is 0 Å². The Bertz CT molecular complexity index is 178. The van der Waals surface area contributed by atoms with E-state index in [1.165, 1.54) is 32.1 Å². The molecule has 0 spiro atoms. The number of rotatable bonds is 6. The van der Waals surface area contributed by atoms with Gasteiger partial charge in [-0.3, -0.25) is 0 Å². The first kappa shape index (κ1) is 14.0. The monoisotopic (exact) mass is 227 g/mol. The molecule has 0 amide bonds. The molecule has 2 heteroatoms.